The molecule has 0 aliphatic carbocycles. The highest BCUT2D eigenvalue weighted by molar-refractivity contribution is 14.1. The molecule has 0 unspecified atom stereocenters. The Morgan fingerprint density at radius 1 is 1.08 bits per heavy atom. The minimum Gasteiger partial charge on any atom is -0.493 e. The molecule has 140 valence electrons. The fraction of sp³-hybridized carbons (Fsp3) is 0.235. The van der Waals surface area contributed by atoms with Crippen LogP contribution in [0.25, 0.3) is 0 Å². The van der Waals surface area contributed by atoms with Crippen molar-refractivity contribution >= 4 is 49.9 Å². The lowest BCUT2D eigenvalue weighted by molar-refractivity contribution is 0.102. The minimum atomic E-state index is -3.41. The number of amides is 1. The Morgan fingerprint density at radius 3 is 2.27 bits per heavy atom. The number of carbonyl (C=O) groups is 1. The van der Waals surface area contributed by atoms with Gasteiger partial charge in [-0.05, 0) is 59.3 Å². The van der Waals surface area contributed by atoms with Gasteiger partial charge < -0.3 is 14.8 Å². The summed E-state index contributed by atoms with van der Waals surface area (Å²) in [5.41, 5.74) is 2.04. The van der Waals surface area contributed by atoms with E-state index >= 15 is 0 Å². The van der Waals surface area contributed by atoms with Crippen LogP contribution in [0.2, 0.25) is 0 Å². The van der Waals surface area contributed by atoms with Gasteiger partial charge in [0.05, 0.1) is 31.7 Å². The molecule has 1 amide bonds. The summed E-state index contributed by atoms with van der Waals surface area (Å²) < 4.78 is 36.5. The first-order chi connectivity index (χ1) is 12.1. The number of sulfonamides is 1. The second kappa shape index (κ2) is 8.12. The number of hydrogen-bond donors (Lipinski definition) is 2. The number of anilines is 2. The van der Waals surface area contributed by atoms with E-state index in [1.807, 2.05) is 22.6 Å². The first-order valence-electron chi connectivity index (χ1n) is 7.46. The van der Waals surface area contributed by atoms with Crippen molar-refractivity contribution in [2.75, 3.05) is 30.5 Å². The van der Waals surface area contributed by atoms with Gasteiger partial charge in [-0.25, -0.2) is 8.42 Å². The van der Waals surface area contributed by atoms with Crippen LogP contribution in [0.5, 0.6) is 11.5 Å². The number of aryl methyl sites for hydroxylation is 1. The molecule has 0 bridgehead atoms. The average molecular weight is 490 g/mol. The quantitative estimate of drug-likeness (QED) is 0.607. The van der Waals surface area contributed by atoms with Crippen molar-refractivity contribution in [1.29, 1.82) is 0 Å². The summed E-state index contributed by atoms with van der Waals surface area (Å²) in [4.78, 5) is 12.6. The third-order valence-corrected chi connectivity index (χ3v) is 4.99. The summed E-state index contributed by atoms with van der Waals surface area (Å²) in [5.74, 6) is 0.634. The van der Waals surface area contributed by atoms with Gasteiger partial charge in [0, 0.05) is 9.26 Å². The number of carbonyl (C=O) groups excluding carboxylic acids is 1. The van der Waals surface area contributed by atoms with Gasteiger partial charge in [0.15, 0.2) is 11.5 Å². The Balaban J connectivity index is 2.32. The molecule has 7 nitrogen and oxygen atoms in total. The molecule has 0 aliphatic rings. The third kappa shape index (κ3) is 5.01. The minimum absolute atomic E-state index is 0.343. The van der Waals surface area contributed by atoms with Crippen molar-refractivity contribution in [2.45, 2.75) is 6.92 Å². The smallest absolute Gasteiger partial charge is 0.256 e. The largest absolute Gasteiger partial charge is 0.493 e. The van der Waals surface area contributed by atoms with Crippen molar-refractivity contribution in [2.24, 2.45) is 0 Å². The van der Waals surface area contributed by atoms with E-state index in [0.29, 0.717) is 32.0 Å². The van der Waals surface area contributed by atoms with Crippen molar-refractivity contribution in [3.63, 3.8) is 0 Å². The summed E-state index contributed by atoms with van der Waals surface area (Å²) in [6.07, 6.45) is 1.07. The van der Waals surface area contributed by atoms with E-state index < -0.39 is 10.0 Å². The Morgan fingerprint density at radius 2 is 1.69 bits per heavy atom. The molecule has 0 saturated heterocycles. The van der Waals surface area contributed by atoms with Crippen molar-refractivity contribution in [1.82, 2.24) is 0 Å². The summed E-state index contributed by atoms with van der Waals surface area (Å²) >= 11 is 2.04. The van der Waals surface area contributed by atoms with Gasteiger partial charge in [-0.3, -0.25) is 9.52 Å². The van der Waals surface area contributed by atoms with Crippen LogP contribution in [0.3, 0.4) is 0 Å². The Labute approximate surface area is 166 Å². The topological polar surface area (TPSA) is 93.7 Å². The fourth-order valence-corrected chi connectivity index (χ4v) is 3.54. The van der Waals surface area contributed by atoms with Crippen LogP contribution < -0.4 is 19.5 Å². The van der Waals surface area contributed by atoms with Crippen molar-refractivity contribution < 1.29 is 22.7 Å². The first-order valence-corrected chi connectivity index (χ1v) is 10.4. The van der Waals surface area contributed by atoms with E-state index in [9.17, 15) is 13.2 Å². The van der Waals surface area contributed by atoms with Crippen LogP contribution in [0.1, 0.15) is 15.9 Å². The maximum Gasteiger partial charge on any atom is 0.256 e. The molecule has 0 aromatic heterocycles. The van der Waals surface area contributed by atoms with E-state index in [1.165, 1.54) is 14.2 Å². The molecule has 2 aromatic rings. The van der Waals surface area contributed by atoms with Gasteiger partial charge in [-0.15, -0.1) is 0 Å². The lowest BCUT2D eigenvalue weighted by Crippen LogP contribution is -2.15. The lowest BCUT2D eigenvalue weighted by Gasteiger charge is -2.13. The fourth-order valence-electron chi connectivity index (χ4n) is 2.24. The summed E-state index contributed by atoms with van der Waals surface area (Å²) in [7, 11) is -0.395. The van der Waals surface area contributed by atoms with Crippen LogP contribution in [-0.2, 0) is 10.0 Å². The van der Waals surface area contributed by atoms with Gasteiger partial charge >= 0.3 is 0 Å². The molecule has 0 fully saturated rings. The second-order valence-electron chi connectivity index (χ2n) is 5.55. The first kappa shape index (κ1) is 20.3. The van der Waals surface area contributed by atoms with E-state index in [0.717, 1.165) is 11.8 Å². The molecule has 9 heteroatoms. The predicted octanol–water partition coefficient (Wildman–Crippen LogP) is 3.24. The SMILES string of the molecule is COc1cc(I)c(C(=O)Nc2ccc(C)c(NS(C)(=O)=O)c2)cc1OC. The molecule has 0 aliphatic heterocycles. The highest BCUT2D eigenvalue weighted by atomic mass is 127. The summed E-state index contributed by atoms with van der Waals surface area (Å²) in [6.45, 7) is 1.77. The van der Waals surface area contributed by atoms with Crippen LogP contribution in [0, 0.1) is 10.5 Å². The number of benzene rings is 2. The molecule has 2 aromatic carbocycles. The zero-order chi connectivity index (χ0) is 19.5. The average Bonchev–Trinajstić information content (AvgIpc) is 2.56. The number of ether oxygens (including phenoxy) is 2. The second-order valence-corrected chi connectivity index (χ2v) is 8.46. The molecule has 26 heavy (non-hydrogen) atoms. The molecule has 0 heterocycles. The zero-order valence-electron chi connectivity index (χ0n) is 14.7. The van der Waals surface area contributed by atoms with Gasteiger partial charge in [-0.2, -0.15) is 0 Å². The highest BCUT2D eigenvalue weighted by Gasteiger charge is 2.16. The molecule has 0 radical (unpaired) electrons. The molecular weight excluding hydrogens is 471 g/mol. The lowest BCUT2D eigenvalue weighted by atomic mass is 10.1. The third-order valence-electron chi connectivity index (χ3n) is 3.51. The number of rotatable bonds is 6. The number of hydrogen-bond acceptors (Lipinski definition) is 5. The normalized spacial score (nSPS) is 11.0. The Bertz CT molecular complexity index is 944. The number of methoxy groups -OCH3 is 2. The zero-order valence-corrected chi connectivity index (χ0v) is 17.7. The van der Waals surface area contributed by atoms with Crippen LogP contribution in [0.4, 0.5) is 11.4 Å². The van der Waals surface area contributed by atoms with E-state index in [1.54, 1.807) is 37.3 Å². The molecule has 0 spiro atoms. The van der Waals surface area contributed by atoms with Crippen LogP contribution in [0.15, 0.2) is 30.3 Å². The van der Waals surface area contributed by atoms with Crippen molar-refractivity contribution in [3.05, 3.63) is 45.0 Å². The standard InChI is InChI=1S/C17H19IN2O5S/c1-10-5-6-11(7-14(10)20-26(4,22)23)19-17(21)12-8-15(24-2)16(25-3)9-13(12)18/h5-9,20H,1-4H3,(H,19,21). The maximum absolute atomic E-state index is 12.6. The monoisotopic (exact) mass is 490 g/mol. The molecule has 0 atom stereocenters. The van der Waals surface area contributed by atoms with E-state index in [-0.39, 0.29) is 5.91 Å². The van der Waals surface area contributed by atoms with Crippen LogP contribution in [-0.4, -0.2) is 34.8 Å². The predicted molar refractivity (Wildman–Crippen MR) is 110 cm³/mol. The maximum atomic E-state index is 12.6. The number of halogens is 1. The molecule has 0 saturated carbocycles. The molecule has 2 N–H and O–H groups in total. The van der Waals surface area contributed by atoms with E-state index in [4.69, 9.17) is 9.47 Å². The highest BCUT2D eigenvalue weighted by Crippen LogP contribution is 2.32. The van der Waals surface area contributed by atoms with Gasteiger partial charge in [-0.1, -0.05) is 6.07 Å². The van der Waals surface area contributed by atoms with Gasteiger partial charge in [0.1, 0.15) is 0 Å². The van der Waals surface area contributed by atoms with E-state index in [2.05, 4.69) is 10.0 Å². The van der Waals surface area contributed by atoms with Crippen LogP contribution >= 0.6 is 22.6 Å². The summed E-state index contributed by atoms with van der Waals surface area (Å²) in [6, 6.07) is 8.30. The summed E-state index contributed by atoms with van der Waals surface area (Å²) in [5, 5.41) is 2.77. The molecular formula is C17H19IN2O5S. The van der Waals surface area contributed by atoms with Gasteiger partial charge in [0.2, 0.25) is 10.0 Å². The molecule has 2 rings (SSSR count). The van der Waals surface area contributed by atoms with Crippen molar-refractivity contribution in [3.8, 4) is 11.5 Å². The Hall–Kier alpha value is -2.01. The van der Waals surface area contributed by atoms with Gasteiger partial charge in [0.25, 0.3) is 5.91 Å². The number of nitrogens with one attached hydrogen (secondary N) is 2. The Kier molecular flexibility index (Phi) is 6.34.